The van der Waals surface area contributed by atoms with E-state index in [2.05, 4.69) is 4.98 Å². The lowest BCUT2D eigenvalue weighted by atomic mass is 10.1. The summed E-state index contributed by atoms with van der Waals surface area (Å²) in [6.45, 7) is 0. The van der Waals surface area contributed by atoms with Crippen molar-refractivity contribution in [2.75, 3.05) is 0 Å². The molecule has 2 aromatic carbocycles. The zero-order valence-electron chi connectivity index (χ0n) is 11.6. The Bertz CT molecular complexity index is 850. The quantitative estimate of drug-likeness (QED) is 0.669. The van der Waals surface area contributed by atoms with E-state index >= 15 is 0 Å². The number of esters is 1. The fourth-order valence-corrected chi connectivity index (χ4v) is 2.34. The summed E-state index contributed by atoms with van der Waals surface area (Å²) in [6.07, 6.45) is 2.04. The molecule has 1 aliphatic rings. The molecule has 1 saturated carbocycles. The molecule has 4 rings (SSSR count). The molecule has 4 nitrogen and oxygen atoms in total. The smallest absolute Gasteiger partial charge is 0.338 e. The van der Waals surface area contributed by atoms with Crippen LogP contribution in [0.25, 0.3) is 22.6 Å². The van der Waals surface area contributed by atoms with E-state index in [-0.39, 0.29) is 12.1 Å². The number of hydrogen-bond donors (Lipinski definition) is 0. The van der Waals surface area contributed by atoms with E-state index in [1.807, 2.05) is 6.07 Å². The molecule has 0 saturated heterocycles. The first-order valence-electron chi connectivity index (χ1n) is 7.06. The first kappa shape index (κ1) is 13.3. The van der Waals surface area contributed by atoms with Gasteiger partial charge in [-0.2, -0.15) is 0 Å². The number of rotatable bonds is 3. The molecule has 1 aromatic heterocycles. The molecule has 1 fully saturated rings. The van der Waals surface area contributed by atoms with E-state index in [1.165, 1.54) is 0 Å². The average Bonchev–Trinajstić information content (AvgIpc) is 3.23. The molecule has 0 N–H and O–H groups in total. The Morgan fingerprint density at radius 3 is 2.68 bits per heavy atom. The number of ether oxygens (including phenoxy) is 1. The van der Waals surface area contributed by atoms with Crippen LogP contribution < -0.4 is 0 Å². The van der Waals surface area contributed by atoms with Gasteiger partial charge in [-0.1, -0.05) is 11.6 Å². The fourth-order valence-electron chi connectivity index (χ4n) is 2.18. The van der Waals surface area contributed by atoms with Gasteiger partial charge in [-0.05, 0) is 49.2 Å². The van der Waals surface area contributed by atoms with Gasteiger partial charge in [0.25, 0.3) is 0 Å². The lowest BCUT2D eigenvalue weighted by Crippen LogP contribution is -2.06. The average molecular weight is 314 g/mol. The number of carbonyl (C=O) groups is 1. The van der Waals surface area contributed by atoms with Crippen molar-refractivity contribution in [1.29, 1.82) is 0 Å². The molecule has 0 radical (unpaired) electrons. The van der Waals surface area contributed by atoms with Gasteiger partial charge in [-0.25, -0.2) is 9.78 Å². The minimum Gasteiger partial charge on any atom is -0.459 e. The van der Waals surface area contributed by atoms with E-state index in [4.69, 9.17) is 20.8 Å². The van der Waals surface area contributed by atoms with Crippen molar-refractivity contribution in [3.63, 3.8) is 0 Å². The largest absolute Gasteiger partial charge is 0.459 e. The van der Waals surface area contributed by atoms with Crippen LogP contribution >= 0.6 is 11.6 Å². The molecule has 5 heteroatoms. The number of carbonyl (C=O) groups excluding carboxylic acids is 1. The Kier molecular flexibility index (Phi) is 3.12. The van der Waals surface area contributed by atoms with Crippen molar-refractivity contribution in [3.05, 3.63) is 53.1 Å². The van der Waals surface area contributed by atoms with Crippen LogP contribution in [0.5, 0.6) is 0 Å². The van der Waals surface area contributed by atoms with Gasteiger partial charge < -0.3 is 9.15 Å². The molecule has 0 atom stereocenters. The second-order valence-corrected chi connectivity index (χ2v) is 5.75. The lowest BCUT2D eigenvalue weighted by molar-refractivity contribution is 0.0472. The van der Waals surface area contributed by atoms with Crippen LogP contribution in [-0.2, 0) is 4.74 Å². The van der Waals surface area contributed by atoms with Crippen molar-refractivity contribution in [2.45, 2.75) is 18.9 Å². The van der Waals surface area contributed by atoms with Crippen LogP contribution in [0.1, 0.15) is 23.2 Å². The van der Waals surface area contributed by atoms with Crippen molar-refractivity contribution >= 4 is 28.7 Å². The second-order valence-electron chi connectivity index (χ2n) is 5.31. The highest BCUT2D eigenvalue weighted by molar-refractivity contribution is 6.31. The molecular weight excluding hydrogens is 302 g/mol. The van der Waals surface area contributed by atoms with Crippen molar-refractivity contribution in [2.24, 2.45) is 0 Å². The van der Waals surface area contributed by atoms with Crippen molar-refractivity contribution in [1.82, 2.24) is 4.98 Å². The van der Waals surface area contributed by atoms with Crippen LogP contribution in [0.4, 0.5) is 0 Å². The Hall–Kier alpha value is -2.33. The monoisotopic (exact) mass is 313 g/mol. The van der Waals surface area contributed by atoms with Gasteiger partial charge in [-0.15, -0.1) is 0 Å². The fraction of sp³-hybridized carbons (Fsp3) is 0.176. The van der Waals surface area contributed by atoms with E-state index in [1.54, 1.807) is 36.4 Å². The molecule has 0 spiro atoms. The third kappa shape index (κ3) is 2.57. The molecule has 0 unspecified atom stereocenters. The predicted molar refractivity (Wildman–Crippen MR) is 82.9 cm³/mol. The molecular formula is C17H12ClNO3. The molecule has 110 valence electrons. The van der Waals surface area contributed by atoms with Gasteiger partial charge in [-0.3, -0.25) is 0 Å². The summed E-state index contributed by atoms with van der Waals surface area (Å²) in [5, 5.41) is 0.605. The van der Waals surface area contributed by atoms with Gasteiger partial charge in [0, 0.05) is 16.7 Å². The zero-order chi connectivity index (χ0) is 15.1. The third-order valence-corrected chi connectivity index (χ3v) is 3.75. The molecule has 1 heterocycles. The second kappa shape index (κ2) is 5.14. The number of benzene rings is 2. The van der Waals surface area contributed by atoms with Crippen LogP contribution in [0, 0.1) is 0 Å². The third-order valence-electron chi connectivity index (χ3n) is 3.52. The summed E-state index contributed by atoms with van der Waals surface area (Å²) in [4.78, 5) is 16.3. The highest BCUT2D eigenvalue weighted by Crippen LogP contribution is 2.28. The topological polar surface area (TPSA) is 52.3 Å². The maximum Gasteiger partial charge on any atom is 0.338 e. The van der Waals surface area contributed by atoms with Gasteiger partial charge >= 0.3 is 5.97 Å². The molecule has 3 aromatic rings. The summed E-state index contributed by atoms with van der Waals surface area (Å²) < 4.78 is 11.0. The summed E-state index contributed by atoms with van der Waals surface area (Å²) >= 11 is 5.94. The standard InChI is InChI=1S/C17H12ClNO3/c18-12-5-8-14-15(9-12)22-16(19-14)10-1-3-11(4-2-10)17(20)21-13-6-7-13/h1-5,8-9,13H,6-7H2. The molecule has 0 amide bonds. The number of hydrogen-bond acceptors (Lipinski definition) is 4. The highest BCUT2D eigenvalue weighted by Gasteiger charge is 2.26. The van der Waals surface area contributed by atoms with Gasteiger partial charge in [0.1, 0.15) is 11.6 Å². The molecule has 22 heavy (non-hydrogen) atoms. The summed E-state index contributed by atoms with van der Waals surface area (Å²) in [6, 6.07) is 12.4. The maximum atomic E-state index is 11.8. The van der Waals surface area contributed by atoms with Crippen molar-refractivity contribution < 1.29 is 13.9 Å². The van der Waals surface area contributed by atoms with E-state index in [0.29, 0.717) is 22.1 Å². The number of halogens is 1. The first-order valence-corrected chi connectivity index (χ1v) is 7.44. The number of aromatic nitrogens is 1. The van der Waals surface area contributed by atoms with Gasteiger partial charge in [0.2, 0.25) is 5.89 Å². The van der Waals surface area contributed by atoms with Gasteiger partial charge in [0.15, 0.2) is 5.58 Å². The maximum absolute atomic E-state index is 11.8. The van der Waals surface area contributed by atoms with Gasteiger partial charge in [0.05, 0.1) is 5.56 Å². The van der Waals surface area contributed by atoms with Crippen LogP contribution in [-0.4, -0.2) is 17.1 Å². The number of nitrogens with zero attached hydrogens (tertiary/aromatic N) is 1. The van der Waals surface area contributed by atoms with Crippen LogP contribution in [0.15, 0.2) is 46.9 Å². The van der Waals surface area contributed by atoms with E-state index in [0.717, 1.165) is 23.9 Å². The molecule has 0 bridgehead atoms. The first-order chi connectivity index (χ1) is 10.7. The minimum atomic E-state index is -0.279. The van der Waals surface area contributed by atoms with Crippen molar-refractivity contribution in [3.8, 4) is 11.5 Å². The Morgan fingerprint density at radius 1 is 1.18 bits per heavy atom. The Labute approximate surface area is 131 Å². The molecule has 1 aliphatic carbocycles. The van der Waals surface area contributed by atoms with Crippen LogP contribution in [0.3, 0.4) is 0 Å². The lowest BCUT2D eigenvalue weighted by Gasteiger charge is -2.03. The Balaban J connectivity index is 1.62. The minimum absolute atomic E-state index is 0.106. The highest BCUT2D eigenvalue weighted by atomic mass is 35.5. The SMILES string of the molecule is O=C(OC1CC1)c1ccc(-c2nc3ccc(Cl)cc3o2)cc1. The summed E-state index contributed by atoms with van der Waals surface area (Å²) in [5.74, 6) is 0.220. The van der Waals surface area contributed by atoms with E-state index < -0.39 is 0 Å². The summed E-state index contributed by atoms with van der Waals surface area (Å²) in [5.41, 5.74) is 2.72. The normalized spacial score (nSPS) is 14.2. The van der Waals surface area contributed by atoms with Crippen LogP contribution in [0.2, 0.25) is 5.02 Å². The number of fused-ring (bicyclic) bond motifs is 1. The zero-order valence-corrected chi connectivity index (χ0v) is 12.3. The van der Waals surface area contributed by atoms with E-state index in [9.17, 15) is 4.79 Å². The summed E-state index contributed by atoms with van der Waals surface area (Å²) in [7, 11) is 0. The Morgan fingerprint density at radius 2 is 1.95 bits per heavy atom. The predicted octanol–water partition coefficient (Wildman–Crippen LogP) is 4.47. The number of oxazole rings is 1. The molecule has 0 aliphatic heterocycles.